The van der Waals surface area contributed by atoms with Crippen LogP contribution in [0.25, 0.3) is 0 Å². The van der Waals surface area contributed by atoms with E-state index in [0.29, 0.717) is 6.42 Å². The lowest BCUT2D eigenvalue weighted by Crippen LogP contribution is -2.08. The summed E-state index contributed by atoms with van der Waals surface area (Å²) < 4.78 is 0. The molecule has 2 heteroatoms. The van der Waals surface area contributed by atoms with Gasteiger partial charge in [-0.2, -0.15) is 0 Å². The number of carbonyl (C=O) groups is 1. The van der Waals surface area contributed by atoms with Gasteiger partial charge in [-0.1, -0.05) is 13.0 Å². The molecule has 0 aliphatic heterocycles. The molecule has 0 heterocycles. The van der Waals surface area contributed by atoms with Crippen molar-refractivity contribution in [2.24, 2.45) is 5.92 Å². The van der Waals surface area contributed by atoms with Crippen molar-refractivity contribution in [1.29, 1.82) is 0 Å². The highest BCUT2D eigenvalue weighted by molar-refractivity contribution is 5.69. The van der Waals surface area contributed by atoms with E-state index in [4.69, 9.17) is 5.11 Å². The van der Waals surface area contributed by atoms with Gasteiger partial charge in [-0.15, -0.1) is 6.58 Å². The molecule has 0 rings (SSSR count). The summed E-state index contributed by atoms with van der Waals surface area (Å²) in [5.74, 6) is -0.958. The Labute approximate surface area is 55.2 Å². The summed E-state index contributed by atoms with van der Waals surface area (Å²) in [5, 5.41) is 8.37. The molecule has 0 saturated carbocycles. The highest BCUT2D eigenvalue weighted by Crippen LogP contribution is 2.04. The summed E-state index contributed by atoms with van der Waals surface area (Å²) in [6, 6.07) is 0. The highest BCUT2D eigenvalue weighted by Gasteiger charge is 2.07. The molecule has 0 aromatic carbocycles. The monoisotopic (exact) mass is 128 g/mol. The van der Waals surface area contributed by atoms with E-state index in [9.17, 15) is 4.79 Å². The Balaban J connectivity index is 3.37. The number of aliphatic carboxylic acids is 1. The summed E-state index contributed by atoms with van der Waals surface area (Å²) in [7, 11) is 0. The van der Waals surface area contributed by atoms with Crippen molar-refractivity contribution in [3.05, 3.63) is 12.7 Å². The molecular formula is C7H12O2. The second-order valence-electron chi connectivity index (χ2n) is 2.11. The number of carboxylic acids is 1. The predicted molar refractivity (Wildman–Crippen MR) is 36.2 cm³/mol. The van der Waals surface area contributed by atoms with Crippen LogP contribution in [0.5, 0.6) is 0 Å². The van der Waals surface area contributed by atoms with Crippen LogP contribution < -0.4 is 0 Å². The van der Waals surface area contributed by atoms with Gasteiger partial charge in [0.15, 0.2) is 0 Å². The second kappa shape index (κ2) is 4.13. The first-order valence-corrected chi connectivity index (χ1v) is 3.02. The quantitative estimate of drug-likeness (QED) is 0.585. The largest absolute Gasteiger partial charge is 0.481 e. The zero-order chi connectivity index (χ0) is 7.28. The topological polar surface area (TPSA) is 37.3 Å². The summed E-state index contributed by atoms with van der Waals surface area (Å²) in [4.78, 5) is 10.2. The summed E-state index contributed by atoms with van der Waals surface area (Å²) in [6.45, 7) is 5.20. The first-order chi connectivity index (χ1) is 4.18. The fourth-order valence-corrected chi connectivity index (χ4v) is 0.491. The van der Waals surface area contributed by atoms with Crippen LogP contribution in [0, 0.1) is 5.92 Å². The van der Waals surface area contributed by atoms with Gasteiger partial charge < -0.3 is 5.11 Å². The maximum Gasteiger partial charge on any atom is 0.306 e. The molecule has 0 saturated heterocycles. The van der Waals surface area contributed by atoms with Crippen LogP contribution in [0.2, 0.25) is 0 Å². The molecule has 9 heavy (non-hydrogen) atoms. The van der Waals surface area contributed by atoms with Crippen LogP contribution in [0.15, 0.2) is 12.7 Å². The molecule has 0 fully saturated rings. The van der Waals surface area contributed by atoms with Crippen LogP contribution in [-0.4, -0.2) is 11.1 Å². The van der Waals surface area contributed by atoms with E-state index in [1.807, 2.05) is 0 Å². The Morgan fingerprint density at radius 2 is 2.44 bits per heavy atom. The average molecular weight is 128 g/mol. The average Bonchev–Trinajstić information content (AvgIpc) is 1.82. The normalized spacial score (nSPS) is 12.6. The fourth-order valence-electron chi connectivity index (χ4n) is 0.491. The van der Waals surface area contributed by atoms with E-state index in [1.165, 1.54) is 0 Å². The molecule has 0 unspecified atom stereocenters. The number of allylic oxidation sites excluding steroid dienone is 1. The first kappa shape index (κ1) is 8.21. The van der Waals surface area contributed by atoms with Gasteiger partial charge in [0.1, 0.15) is 0 Å². The van der Waals surface area contributed by atoms with Gasteiger partial charge in [0.25, 0.3) is 0 Å². The number of hydrogen-bond acceptors (Lipinski definition) is 1. The van der Waals surface area contributed by atoms with Crippen molar-refractivity contribution < 1.29 is 9.90 Å². The fraction of sp³-hybridized carbons (Fsp3) is 0.571. The van der Waals surface area contributed by atoms with E-state index in [1.54, 1.807) is 13.0 Å². The molecule has 0 aliphatic carbocycles. The van der Waals surface area contributed by atoms with Gasteiger partial charge in [0.2, 0.25) is 0 Å². The molecule has 0 radical (unpaired) electrons. The maximum absolute atomic E-state index is 10.2. The third-order valence-corrected chi connectivity index (χ3v) is 1.23. The molecule has 52 valence electrons. The SMILES string of the molecule is C=CCC[C@@H](C)C(=O)O. The van der Waals surface area contributed by atoms with Gasteiger partial charge in [-0.3, -0.25) is 4.79 Å². The van der Waals surface area contributed by atoms with Gasteiger partial charge in [-0.25, -0.2) is 0 Å². The molecule has 0 aromatic heterocycles. The Hall–Kier alpha value is -0.790. The summed E-state index contributed by atoms with van der Waals surface area (Å²) in [6.07, 6.45) is 3.21. The smallest absolute Gasteiger partial charge is 0.306 e. The number of hydrogen-bond donors (Lipinski definition) is 1. The third-order valence-electron chi connectivity index (χ3n) is 1.23. The first-order valence-electron chi connectivity index (χ1n) is 3.02. The number of carboxylic acid groups (broad SMARTS) is 1. The van der Waals surface area contributed by atoms with Crippen LogP contribution in [0.1, 0.15) is 19.8 Å². The van der Waals surface area contributed by atoms with Crippen molar-refractivity contribution in [1.82, 2.24) is 0 Å². The van der Waals surface area contributed by atoms with Crippen LogP contribution in [0.3, 0.4) is 0 Å². The van der Waals surface area contributed by atoms with E-state index >= 15 is 0 Å². The van der Waals surface area contributed by atoms with Crippen LogP contribution >= 0.6 is 0 Å². The minimum absolute atomic E-state index is 0.233. The van der Waals surface area contributed by atoms with Crippen LogP contribution in [-0.2, 0) is 4.79 Å². The zero-order valence-corrected chi connectivity index (χ0v) is 5.63. The van der Waals surface area contributed by atoms with E-state index in [0.717, 1.165) is 6.42 Å². The molecule has 0 amide bonds. The van der Waals surface area contributed by atoms with Gasteiger partial charge in [0, 0.05) is 0 Å². The van der Waals surface area contributed by atoms with Crippen molar-refractivity contribution in [2.75, 3.05) is 0 Å². The van der Waals surface area contributed by atoms with Crippen molar-refractivity contribution >= 4 is 5.97 Å². The van der Waals surface area contributed by atoms with Gasteiger partial charge >= 0.3 is 5.97 Å². The summed E-state index contributed by atoms with van der Waals surface area (Å²) in [5.41, 5.74) is 0. The second-order valence-corrected chi connectivity index (χ2v) is 2.11. The van der Waals surface area contributed by atoms with Gasteiger partial charge in [-0.05, 0) is 12.8 Å². The Kier molecular flexibility index (Phi) is 3.76. The molecule has 1 atom stereocenters. The maximum atomic E-state index is 10.2. The van der Waals surface area contributed by atoms with Crippen molar-refractivity contribution in [3.8, 4) is 0 Å². The minimum atomic E-state index is -0.725. The van der Waals surface area contributed by atoms with Crippen LogP contribution in [0.4, 0.5) is 0 Å². The highest BCUT2D eigenvalue weighted by atomic mass is 16.4. The molecule has 0 aromatic rings. The summed E-state index contributed by atoms with van der Waals surface area (Å²) >= 11 is 0. The van der Waals surface area contributed by atoms with E-state index in [-0.39, 0.29) is 5.92 Å². The standard InChI is InChI=1S/C7H12O2/c1-3-4-5-6(2)7(8)9/h3,6H,1,4-5H2,2H3,(H,8,9)/t6-/m1/s1. The van der Waals surface area contributed by atoms with E-state index in [2.05, 4.69) is 6.58 Å². The lowest BCUT2D eigenvalue weighted by atomic mass is 10.1. The Morgan fingerprint density at radius 1 is 1.89 bits per heavy atom. The van der Waals surface area contributed by atoms with Crippen molar-refractivity contribution in [2.45, 2.75) is 19.8 Å². The molecule has 0 spiro atoms. The number of rotatable bonds is 4. The minimum Gasteiger partial charge on any atom is -0.481 e. The predicted octanol–water partition coefficient (Wildman–Crippen LogP) is 1.67. The third kappa shape index (κ3) is 3.76. The molecule has 0 aliphatic rings. The Bertz CT molecular complexity index is 107. The van der Waals surface area contributed by atoms with E-state index < -0.39 is 5.97 Å². The molecule has 0 bridgehead atoms. The zero-order valence-electron chi connectivity index (χ0n) is 5.63. The molecular weight excluding hydrogens is 116 g/mol. The molecule has 2 nitrogen and oxygen atoms in total. The molecule has 1 N–H and O–H groups in total. The van der Waals surface area contributed by atoms with Crippen molar-refractivity contribution in [3.63, 3.8) is 0 Å². The lowest BCUT2D eigenvalue weighted by molar-refractivity contribution is -0.141. The lowest BCUT2D eigenvalue weighted by Gasteiger charge is -2.00. The Morgan fingerprint density at radius 3 is 2.78 bits per heavy atom. The van der Waals surface area contributed by atoms with Gasteiger partial charge in [0.05, 0.1) is 5.92 Å².